The number of carbonyl (C=O) groups excluding carboxylic acids is 1. The van der Waals surface area contributed by atoms with Crippen LogP contribution in [0.15, 0.2) is 72.8 Å². The number of carbonyl (C=O) groups is 1. The number of rotatable bonds is 11. The summed E-state index contributed by atoms with van der Waals surface area (Å²) < 4.78 is 11.4. The lowest BCUT2D eigenvalue weighted by atomic mass is 10.1. The van der Waals surface area contributed by atoms with Gasteiger partial charge in [-0.15, -0.1) is 0 Å². The van der Waals surface area contributed by atoms with Crippen LogP contribution in [0.5, 0.6) is 11.5 Å². The van der Waals surface area contributed by atoms with Gasteiger partial charge >= 0.3 is 0 Å². The fraction of sp³-hybridized carbons (Fsp3) is 0.240. The van der Waals surface area contributed by atoms with Crippen molar-refractivity contribution in [2.45, 2.75) is 25.7 Å². The van der Waals surface area contributed by atoms with Crippen molar-refractivity contribution in [3.63, 3.8) is 0 Å². The van der Waals surface area contributed by atoms with Crippen LogP contribution in [0, 0.1) is 0 Å². The van der Waals surface area contributed by atoms with Crippen LogP contribution in [-0.4, -0.2) is 19.1 Å². The molecule has 0 bridgehead atoms. The minimum atomic E-state index is -0.0768. The SMILES string of the molecule is O=C(CCCOc1ccc(Cl)cc1Cl)Nc1cccc(OCCCc2ccccc2)c1. The first-order chi connectivity index (χ1) is 15.1. The summed E-state index contributed by atoms with van der Waals surface area (Å²) in [5, 5.41) is 3.91. The molecule has 0 heterocycles. The Labute approximate surface area is 193 Å². The number of ether oxygens (including phenoxy) is 2. The minimum Gasteiger partial charge on any atom is -0.494 e. The van der Waals surface area contributed by atoms with Crippen molar-refractivity contribution >= 4 is 34.8 Å². The molecule has 0 atom stereocenters. The molecule has 31 heavy (non-hydrogen) atoms. The highest BCUT2D eigenvalue weighted by molar-refractivity contribution is 6.35. The minimum absolute atomic E-state index is 0.0768. The lowest BCUT2D eigenvalue weighted by Gasteiger charge is -2.10. The highest BCUT2D eigenvalue weighted by atomic mass is 35.5. The van der Waals surface area contributed by atoms with E-state index in [0.29, 0.717) is 47.5 Å². The van der Waals surface area contributed by atoms with Crippen LogP contribution in [0.3, 0.4) is 0 Å². The third-order valence-corrected chi connectivity index (χ3v) is 5.07. The van der Waals surface area contributed by atoms with E-state index in [0.717, 1.165) is 18.6 Å². The third kappa shape index (κ3) is 8.16. The molecular weight excluding hydrogens is 433 g/mol. The van der Waals surface area contributed by atoms with E-state index in [1.54, 1.807) is 18.2 Å². The van der Waals surface area contributed by atoms with Crippen molar-refractivity contribution in [3.05, 3.63) is 88.4 Å². The van der Waals surface area contributed by atoms with Gasteiger partial charge in [0.15, 0.2) is 0 Å². The number of nitrogens with one attached hydrogen (secondary N) is 1. The Hall–Kier alpha value is -2.69. The molecule has 6 heteroatoms. The fourth-order valence-electron chi connectivity index (χ4n) is 3.01. The first-order valence-electron chi connectivity index (χ1n) is 10.2. The van der Waals surface area contributed by atoms with Crippen molar-refractivity contribution in [3.8, 4) is 11.5 Å². The van der Waals surface area contributed by atoms with Gasteiger partial charge in [0.2, 0.25) is 5.91 Å². The topological polar surface area (TPSA) is 47.6 Å². The maximum Gasteiger partial charge on any atom is 0.224 e. The van der Waals surface area contributed by atoms with Crippen LogP contribution in [0.2, 0.25) is 10.0 Å². The van der Waals surface area contributed by atoms with Gasteiger partial charge in [-0.1, -0.05) is 59.6 Å². The summed E-state index contributed by atoms with van der Waals surface area (Å²) in [7, 11) is 0. The second-order valence-electron chi connectivity index (χ2n) is 7.04. The summed E-state index contributed by atoms with van der Waals surface area (Å²) in [6.45, 7) is 1.01. The van der Waals surface area contributed by atoms with Crippen molar-refractivity contribution in [2.24, 2.45) is 0 Å². The number of benzene rings is 3. The van der Waals surface area contributed by atoms with Gasteiger partial charge in [0.25, 0.3) is 0 Å². The van der Waals surface area contributed by atoms with Gasteiger partial charge in [0.1, 0.15) is 11.5 Å². The van der Waals surface area contributed by atoms with E-state index in [9.17, 15) is 4.79 Å². The summed E-state index contributed by atoms with van der Waals surface area (Å²) >= 11 is 11.9. The summed E-state index contributed by atoms with van der Waals surface area (Å²) in [6, 6.07) is 22.8. The van der Waals surface area contributed by atoms with Crippen molar-refractivity contribution in [1.82, 2.24) is 0 Å². The average molecular weight is 458 g/mol. The second kappa shape index (κ2) is 12.2. The first-order valence-corrected chi connectivity index (χ1v) is 11.0. The lowest BCUT2D eigenvalue weighted by Crippen LogP contribution is -2.13. The average Bonchev–Trinajstić information content (AvgIpc) is 2.76. The van der Waals surface area contributed by atoms with Gasteiger partial charge in [-0.25, -0.2) is 0 Å². The summed E-state index contributed by atoms with van der Waals surface area (Å²) in [5.74, 6) is 1.22. The molecule has 0 aliphatic rings. The molecule has 0 aromatic heterocycles. The number of hydrogen-bond acceptors (Lipinski definition) is 3. The molecule has 1 N–H and O–H groups in total. The van der Waals surface area contributed by atoms with Gasteiger partial charge in [-0.05, 0) is 55.2 Å². The zero-order valence-corrected chi connectivity index (χ0v) is 18.7. The van der Waals surface area contributed by atoms with Gasteiger partial charge in [-0.3, -0.25) is 4.79 Å². The van der Waals surface area contributed by atoms with Crippen LogP contribution in [0.25, 0.3) is 0 Å². The van der Waals surface area contributed by atoms with E-state index in [2.05, 4.69) is 17.4 Å². The molecule has 0 saturated carbocycles. The molecule has 3 rings (SSSR count). The Balaban J connectivity index is 1.36. The van der Waals surface area contributed by atoms with Crippen molar-refractivity contribution in [2.75, 3.05) is 18.5 Å². The van der Waals surface area contributed by atoms with E-state index in [-0.39, 0.29) is 5.91 Å². The van der Waals surface area contributed by atoms with Crippen molar-refractivity contribution < 1.29 is 14.3 Å². The Kier molecular flexibility index (Phi) is 9.07. The zero-order chi connectivity index (χ0) is 21.9. The standard InChI is InChI=1S/C25H25Cl2NO3/c26-20-13-14-24(23(27)17-20)31-16-6-12-25(29)28-21-10-4-11-22(18-21)30-15-5-9-19-7-2-1-3-8-19/h1-4,7-8,10-11,13-14,17-18H,5-6,9,12,15-16H2,(H,28,29). The highest BCUT2D eigenvalue weighted by Gasteiger charge is 2.06. The quantitative estimate of drug-likeness (QED) is 0.322. The smallest absolute Gasteiger partial charge is 0.224 e. The van der Waals surface area contributed by atoms with Gasteiger partial charge in [-0.2, -0.15) is 0 Å². The molecule has 0 aliphatic carbocycles. The molecule has 0 unspecified atom stereocenters. The Morgan fingerprint density at radius 1 is 0.839 bits per heavy atom. The monoisotopic (exact) mass is 457 g/mol. The largest absolute Gasteiger partial charge is 0.494 e. The number of aryl methyl sites for hydroxylation is 1. The maximum absolute atomic E-state index is 12.2. The Bertz CT molecular complexity index is 980. The molecule has 0 saturated heterocycles. The van der Waals surface area contributed by atoms with Crippen LogP contribution in [0.4, 0.5) is 5.69 Å². The summed E-state index contributed by atoms with van der Waals surface area (Å²) in [4.78, 5) is 12.2. The maximum atomic E-state index is 12.2. The molecule has 3 aromatic rings. The highest BCUT2D eigenvalue weighted by Crippen LogP contribution is 2.27. The van der Waals surface area contributed by atoms with Crippen LogP contribution in [-0.2, 0) is 11.2 Å². The zero-order valence-electron chi connectivity index (χ0n) is 17.2. The second-order valence-corrected chi connectivity index (χ2v) is 7.88. The third-order valence-electron chi connectivity index (χ3n) is 4.54. The Morgan fingerprint density at radius 3 is 2.45 bits per heavy atom. The molecule has 4 nitrogen and oxygen atoms in total. The molecule has 0 aliphatic heterocycles. The van der Waals surface area contributed by atoms with E-state index in [1.165, 1.54) is 5.56 Å². The molecule has 3 aromatic carbocycles. The number of anilines is 1. The van der Waals surface area contributed by atoms with E-state index in [4.69, 9.17) is 32.7 Å². The van der Waals surface area contributed by atoms with Crippen LogP contribution in [0.1, 0.15) is 24.8 Å². The molecule has 0 spiro atoms. The molecule has 0 radical (unpaired) electrons. The van der Waals surface area contributed by atoms with Gasteiger partial charge in [0, 0.05) is 23.2 Å². The summed E-state index contributed by atoms with van der Waals surface area (Å²) in [5.41, 5.74) is 2.02. The Morgan fingerprint density at radius 2 is 1.65 bits per heavy atom. The molecule has 1 amide bonds. The van der Waals surface area contributed by atoms with Gasteiger partial charge in [0.05, 0.1) is 18.2 Å². The van der Waals surface area contributed by atoms with Gasteiger partial charge < -0.3 is 14.8 Å². The fourth-order valence-corrected chi connectivity index (χ4v) is 3.47. The number of halogens is 2. The van der Waals surface area contributed by atoms with Crippen LogP contribution >= 0.6 is 23.2 Å². The predicted octanol–water partition coefficient (Wildman–Crippen LogP) is 6.80. The first kappa shape index (κ1) is 23.0. The number of hydrogen-bond donors (Lipinski definition) is 1. The normalized spacial score (nSPS) is 10.5. The van der Waals surface area contributed by atoms with E-state index >= 15 is 0 Å². The molecule has 162 valence electrons. The summed E-state index contributed by atoms with van der Waals surface area (Å²) in [6.07, 6.45) is 2.81. The van der Waals surface area contributed by atoms with Crippen molar-refractivity contribution in [1.29, 1.82) is 0 Å². The van der Waals surface area contributed by atoms with Crippen LogP contribution < -0.4 is 14.8 Å². The lowest BCUT2D eigenvalue weighted by molar-refractivity contribution is -0.116. The predicted molar refractivity (Wildman–Crippen MR) is 127 cm³/mol. The molecule has 0 fully saturated rings. The number of amides is 1. The van der Waals surface area contributed by atoms with E-state index < -0.39 is 0 Å². The van der Waals surface area contributed by atoms with E-state index in [1.807, 2.05) is 42.5 Å². The molecular formula is C25H25Cl2NO3.